The third kappa shape index (κ3) is 2.18. The maximum atomic E-state index is 11.8. The van der Waals surface area contributed by atoms with Crippen LogP contribution in [-0.4, -0.2) is 23.6 Å². The van der Waals surface area contributed by atoms with Gasteiger partial charge in [0.05, 0.1) is 0 Å². The van der Waals surface area contributed by atoms with Crippen molar-refractivity contribution < 1.29 is 4.79 Å². The molecule has 0 spiro atoms. The van der Waals surface area contributed by atoms with E-state index in [1.54, 1.807) is 0 Å². The van der Waals surface area contributed by atoms with Crippen LogP contribution in [0.5, 0.6) is 0 Å². The number of carbonyl (C=O) groups is 1. The van der Waals surface area contributed by atoms with Crippen LogP contribution < -0.4 is 10.1 Å². The molecule has 1 atom stereocenters. The van der Waals surface area contributed by atoms with Gasteiger partial charge in [-0.05, 0) is 19.0 Å². The van der Waals surface area contributed by atoms with Gasteiger partial charge in [-0.2, -0.15) is 4.99 Å². The molecule has 5 heteroatoms. The first-order valence-corrected chi connectivity index (χ1v) is 5.96. The second kappa shape index (κ2) is 4.28. The van der Waals surface area contributed by atoms with Gasteiger partial charge in [-0.25, -0.2) is 0 Å². The Morgan fingerprint density at radius 3 is 2.93 bits per heavy atom. The maximum absolute atomic E-state index is 11.8. The van der Waals surface area contributed by atoms with Crippen LogP contribution in [0.25, 0.3) is 0 Å². The Hall–Kier alpha value is -0.940. The standard InChI is InChI=1S/C10H15N3OS/c1-7(8-5-11-6-8)9(14)12-10-13(2)3-4-15-10/h3-4,7-8,11H,5-6H2,1-2H3. The Morgan fingerprint density at radius 1 is 1.73 bits per heavy atom. The quantitative estimate of drug-likeness (QED) is 0.790. The first-order valence-electron chi connectivity index (χ1n) is 5.08. The highest BCUT2D eigenvalue weighted by Gasteiger charge is 2.28. The number of amides is 1. The summed E-state index contributed by atoms with van der Waals surface area (Å²) in [5.41, 5.74) is 0. The summed E-state index contributed by atoms with van der Waals surface area (Å²) in [6.45, 7) is 3.85. The lowest BCUT2D eigenvalue weighted by atomic mass is 9.88. The summed E-state index contributed by atoms with van der Waals surface area (Å²) < 4.78 is 1.87. The van der Waals surface area contributed by atoms with E-state index in [0.717, 1.165) is 17.9 Å². The highest BCUT2D eigenvalue weighted by Crippen LogP contribution is 2.16. The number of nitrogens with zero attached hydrogens (tertiary/aromatic N) is 2. The molecule has 1 N–H and O–H groups in total. The molecule has 1 unspecified atom stereocenters. The summed E-state index contributed by atoms with van der Waals surface area (Å²) in [5, 5.41) is 5.10. The number of thiazole rings is 1. The molecule has 2 heterocycles. The molecule has 1 aromatic heterocycles. The molecule has 1 aliphatic rings. The summed E-state index contributed by atoms with van der Waals surface area (Å²) in [6.07, 6.45) is 1.91. The molecule has 4 nitrogen and oxygen atoms in total. The van der Waals surface area contributed by atoms with E-state index in [1.165, 1.54) is 11.3 Å². The van der Waals surface area contributed by atoms with Crippen LogP contribution >= 0.6 is 11.3 Å². The molecule has 0 saturated carbocycles. The normalized spacial score (nSPS) is 20.0. The number of aromatic nitrogens is 1. The van der Waals surface area contributed by atoms with E-state index in [9.17, 15) is 4.79 Å². The van der Waals surface area contributed by atoms with Crippen LogP contribution in [0, 0.1) is 11.8 Å². The lowest BCUT2D eigenvalue weighted by Gasteiger charge is -2.30. The van der Waals surface area contributed by atoms with Crippen LogP contribution in [0.15, 0.2) is 16.6 Å². The van der Waals surface area contributed by atoms with E-state index in [0.29, 0.717) is 5.92 Å². The Kier molecular flexibility index (Phi) is 3.02. The van der Waals surface area contributed by atoms with Crippen LogP contribution in [0.4, 0.5) is 0 Å². The molecule has 82 valence electrons. The fraction of sp³-hybridized carbons (Fsp3) is 0.600. The van der Waals surface area contributed by atoms with Crippen molar-refractivity contribution in [1.82, 2.24) is 9.88 Å². The lowest BCUT2D eigenvalue weighted by Crippen LogP contribution is -2.47. The van der Waals surface area contributed by atoms with Gasteiger partial charge in [-0.3, -0.25) is 4.79 Å². The van der Waals surface area contributed by atoms with Gasteiger partial charge in [-0.1, -0.05) is 6.92 Å². The highest BCUT2D eigenvalue weighted by atomic mass is 32.1. The van der Waals surface area contributed by atoms with Crippen molar-refractivity contribution in [2.75, 3.05) is 13.1 Å². The summed E-state index contributed by atoms with van der Waals surface area (Å²) in [7, 11) is 1.90. The third-order valence-corrected chi connectivity index (χ3v) is 3.72. The van der Waals surface area contributed by atoms with Gasteiger partial charge < -0.3 is 9.88 Å². The Morgan fingerprint density at radius 2 is 2.47 bits per heavy atom. The minimum absolute atomic E-state index is 0.000417. The van der Waals surface area contributed by atoms with Crippen LogP contribution in [0.2, 0.25) is 0 Å². The molecule has 2 rings (SSSR count). The Bertz CT molecular complexity index is 416. The molecule has 0 aromatic carbocycles. The summed E-state index contributed by atoms with van der Waals surface area (Å²) in [6, 6.07) is 0. The van der Waals surface area contributed by atoms with Crippen molar-refractivity contribution in [2.45, 2.75) is 6.92 Å². The van der Waals surface area contributed by atoms with Gasteiger partial charge in [0.15, 0.2) is 4.80 Å². The zero-order valence-electron chi connectivity index (χ0n) is 8.93. The van der Waals surface area contributed by atoms with Crippen molar-refractivity contribution in [3.05, 3.63) is 16.4 Å². The van der Waals surface area contributed by atoms with Gasteiger partial charge in [0.1, 0.15) is 0 Å². The predicted octanol–water partition coefficient (Wildman–Crippen LogP) is 0.369. The van der Waals surface area contributed by atoms with E-state index in [4.69, 9.17) is 0 Å². The minimum Gasteiger partial charge on any atom is -0.327 e. The van der Waals surface area contributed by atoms with Crippen LogP contribution in [-0.2, 0) is 11.8 Å². The number of nitrogens with one attached hydrogen (secondary N) is 1. The molecular weight excluding hydrogens is 210 g/mol. The molecule has 1 amide bonds. The smallest absolute Gasteiger partial charge is 0.251 e. The van der Waals surface area contributed by atoms with Crippen molar-refractivity contribution in [2.24, 2.45) is 23.9 Å². The lowest BCUT2D eigenvalue weighted by molar-refractivity contribution is -0.123. The summed E-state index contributed by atoms with van der Waals surface area (Å²) in [4.78, 5) is 16.7. The van der Waals surface area contributed by atoms with Crippen LogP contribution in [0.1, 0.15) is 6.92 Å². The zero-order valence-corrected chi connectivity index (χ0v) is 9.75. The SMILES string of the molecule is CC(C(=O)N=c1sccn1C)C1CNC1. The fourth-order valence-corrected chi connectivity index (χ4v) is 2.23. The number of hydrogen-bond donors (Lipinski definition) is 1. The van der Waals surface area contributed by atoms with Gasteiger partial charge >= 0.3 is 0 Å². The highest BCUT2D eigenvalue weighted by molar-refractivity contribution is 7.07. The van der Waals surface area contributed by atoms with Gasteiger partial charge in [0.25, 0.3) is 5.91 Å². The molecular formula is C10H15N3OS. The molecule has 1 fully saturated rings. The van der Waals surface area contributed by atoms with E-state index < -0.39 is 0 Å². The minimum atomic E-state index is -0.000417. The second-order valence-corrected chi connectivity index (χ2v) is 4.83. The number of hydrogen-bond acceptors (Lipinski definition) is 3. The van der Waals surface area contributed by atoms with Crippen molar-refractivity contribution in [3.8, 4) is 0 Å². The first-order chi connectivity index (χ1) is 7.18. The Balaban J connectivity index is 2.12. The molecule has 0 radical (unpaired) electrons. The van der Waals surface area contributed by atoms with Gasteiger partial charge in [-0.15, -0.1) is 11.3 Å². The zero-order chi connectivity index (χ0) is 10.8. The number of carbonyl (C=O) groups excluding carboxylic acids is 1. The average Bonchev–Trinajstić information content (AvgIpc) is 2.49. The summed E-state index contributed by atoms with van der Waals surface area (Å²) >= 11 is 1.49. The van der Waals surface area contributed by atoms with E-state index in [2.05, 4.69) is 10.3 Å². The van der Waals surface area contributed by atoms with E-state index in [1.807, 2.05) is 30.1 Å². The van der Waals surface area contributed by atoms with Crippen LogP contribution in [0.3, 0.4) is 0 Å². The topological polar surface area (TPSA) is 46.4 Å². The Labute approximate surface area is 92.7 Å². The second-order valence-electron chi connectivity index (χ2n) is 3.95. The van der Waals surface area contributed by atoms with Crippen molar-refractivity contribution in [3.63, 3.8) is 0 Å². The number of rotatable bonds is 2. The molecule has 1 saturated heterocycles. The maximum Gasteiger partial charge on any atom is 0.251 e. The monoisotopic (exact) mass is 225 g/mol. The molecule has 1 aromatic rings. The number of aryl methyl sites for hydroxylation is 1. The van der Waals surface area contributed by atoms with Gasteiger partial charge in [0, 0.05) is 24.5 Å². The average molecular weight is 225 g/mol. The largest absolute Gasteiger partial charge is 0.327 e. The van der Waals surface area contributed by atoms with E-state index in [-0.39, 0.29) is 11.8 Å². The van der Waals surface area contributed by atoms with Crippen molar-refractivity contribution in [1.29, 1.82) is 0 Å². The molecule has 1 aliphatic heterocycles. The summed E-state index contributed by atoms with van der Waals surface area (Å²) in [5.74, 6) is 0.499. The van der Waals surface area contributed by atoms with E-state index >= 15 is 0 Å². The molecule has 15 heavy (non-hydrogen) atoms. The first kappa shape index (κ1) is 10.6. The predicted molar refractivity (Wildman–Crippen MR) is 59.4 cm³/mol. The fourth-order valence-electron chi connectivity index (χ4n) is 1.50. The molecule has 0 aliphatic carbocycles. The van der Waals surface area contributed by atoms with Crippen molar-refractivity contribution >= 4 is 17.2 Å². The van der Waals surface area contributed by atoms with Gasteiger partial charge in [0.2, 0.25) is 0 Å². The third-order valence-electron chi connectivity index (χ3n) is 2.88. The molecule has 0 bridgehead atoms.